The van der Waals surface area contributed by atoms with Crippen LogP contribution in [-0.4, -0.2) is 49.2 Å². The number of para-hydroxylation sites is 1. The van der Waals surface area contributed by atoms with Crippen molar-refractivity contribution in [3.63, 3.8) is 0 Å². The van der Waals surface area contributed by atoms with Crippen LogP contribution in [-0.2, 0) is 32.1 Å². The normalized spacial score (nSPS) is 21.4. The second-order valence-corrected chi connectivity index (χ2v) is 11.5. The average molecular weight is 549 g/mol. The molecule has 1 fully saturated rings. The molecular weight excluding hydrogens is 508 g/mol. The van der Waals surface area contributed by atoms with Crippen LogP contribution < -0.4 is 10.1 Å². The summed E-state index contributed by atoms with van der Waals surface area (Å²) in [7, 11) is 1.27. The molecule has 0 unspecified atom stereocenters. The fourth-order valence-corrected chi connectivity index (χ4v) is 5.52. The number of anilines is 1. The number of amides is 2. The molecule has 2 aromatic rings. The number of carbonyl (C=O) groups excluding carboxylic acids is 3. The van der Waals surface area contributed by atoms with E-state index < -0.39 is 29.4 Å². The topological polar surface area (TPSA) is 94.2 Å². The Morgan fingerprint density at radius 2 is 1.75 bits per heavy atom. The molecule has 2 aliphatic heterocycles. The second-order valence-electron chi connectivity index (χ2n) is 11.5. The minimum atomic E-state index is -1.64. The standard InChI is InChI=1S/C32H40N2O6/c1-21(2)16-25-12-9-13-26(39-19-22(3)4)28(25)33-29(35)32(30(36)38-5)17-24-14-15-27(32)34(18-24)31(37)40-20-23-10-7-6-8-11-23/h6-15,21-22,24,27H,16-20H2,1-5H3,(H,33,35)/t24-,27+,32-/m0/s1. The van der Waals surface area contributed by atoms with Gasteiger partial charge in [-0.1, -0.05) is 82.3 Å². The number of esters is 1. The van der Waals surface area contributed by atoms with E-state index in [9.17, 15) is 14.4 Å². The van der Waals surface area contributed by atoms with E-state index in [4.69, 9.17) is 14.2 Å². The van der Waals surface area contributed by atoms with Gasteiger partial charge in [-0.25, -0.2) is 4.79 Å². The summed E-state index contributed by atoms with van der Waals surface area (Å²) in [4.78, 5) is 42.5. The summed E-state index contributed by atoms with van der Waals surface area (Å²) in [6.07, 6.45) is 4.08. The first-order valence-corrected chi connectivity index (χ1v) is 14.0. The van der Waals surface area contributed by atoms with Crippen LogP contribution in [0.3, 0.4) is 0 Å². The van der Waals surface area contributed by atoms with Crippen LogP contribution in [0.2, 0.25) is 0 Å². The fraction of sp³-hybridized carbons (Fsp3) is 0.469. The molecule has 2 bridgehead atoms. The smallest absolute Gasteiger partial charge is 0.410 e. The highest BCUT2D eigenvalue weighted by Gasteiger charge is 2.61. The maximum Gasteiger partial charge on any atom is 0.410 e. The van der Waals surface area contributed by atoms with Crippen molar-refractivity contribution in [2.45, 2.75) is 53.2 Å². The number of methoxy groups -OCH3 is 1. The fourth-order valence-electron chi connectivity index (χ4n) is 5.52. The number of hydrogen-bond acceptors (Lipinski definition) is 6. The van der Waals surface area contributed by atoms with Crippen molar-refractivity contribution in [3.05, 3.63) is 71.8 Å². The first kappa shape index (κ1) is 29.2. The number of ether oxygens (including phenoxy) is 3. The molecule has 0 radical (unpaired) electrons. The van der Waals surface area contributed by atoms with Gasteiger partial charge in [0.15, 0.2) is 5.41 Å². The zero-order valence-electron chi connectivity index (χ0n) is 24.0. The van der Waals surface area contributed by atoms with E-state index in [0.717, 1.165) is 11.1 Å². The summed E-state index contributed by atoms with van der Waals surface area (Å²) in [5.41, 5.74) is 0.675. The van der Waals surface area contributed by atoms with E-state index in [1.165, 1.54) is 12.0 Å². The Bertz CT molecular complexity index is 1240. The molecule has 0 spiro atoms. The summed E-state index contributed by atoms with van der Waals surface area (Å²) in [5, 5.41) is 3.06. The molecule has 1 saturated heterocycles. The van der Waals surface area contributed by atoms with Crippen molar-refractivity contribution in [3.8, 4) is 5.75 Å². The number of nitrogens with one attached hydrogen (secondary N) is 1. The van der Waals surface area contributed by atoms with E-state index >= 15 is 0 Å². The molecule has 5 rings (SSSR count). The van der Waals surface area contributed by atoms with Crippen LogP contribution in [0, 0.1) is 23.2 Å². The number of piperidine rings is 1. The molecule has 2 aromatic carbocycles. The van der Waals surface area contributed by atoms with E-state index in [-0.39, 0.29) is 24.9 Å². The monoisotopic (exact) mass is 548 g/mol. The lowest BCUT2D eigenvalue weighted by Gasteiger charge is -2.50. The van der Waals surface area contributed by atoms with Crippen LogP contribution in [0.25, 0.3) is 0 Å². The molecular formula is C32H40N2O6. The summed E-state index contributed by atoms with van der Waals surface area (Å²) < 4.78 is 16.9. The Balaban J connectivity index is 1.65. The zero-order valence-corrected chi connectivity index (χ0v) is 24.0. The van der Waals surface area contributed by atoms with Crippen molar-refractivity contribution in [1.82, 2.24) is 4.90 Å². The molecule has 3 aliphatic rings. The quantitative estimate of drug-likeness (QED) is 0.236. The van der Waals surface area contributed by atoms with Gasteiger partial charge in [-0.15, -0.1) is 0 Å². The number of benzene rings is 2. The van der Waals surface area contributed by atoms with Crippen molar-refractivity contribution in [2.24, 2.45) is 23.2 Å². The van der Waals surface area contributed by atoms with Gasteiger partial charge in [-0.3, -0.25) is 14.5 Å². The lowest BCUT2D eigenvalue weighted by Crippen LogP contribution is -2.65. The maximum atomic E-state index is 14.3. The van der Waals surface area contributed by atoms with Crippen LogP contribution in [0.15, 0.2) is 60.7 Å². The van der Waals surface area contributed by atoms with Crippen molar-refractivity contribution >= 4 is 23.7 Å². The van der Waals surface area contributed by atoms with Crippen LogP contribution in [0.4, 0.5) is 10.5 Å². The molecule has 2 heterocycles. The van der Waals surface area contributed by atoms with Gasteiger partial charge in [0.25, 0.3) is 0 Å². The van der Waals surface area contributed by atoms with Gasteiger partial charge in [-0.2, -0.15) is 0 Å². The molecule has 1 aliphatic carbocycles. The predicted octanol–water partition coefficient (Wildman–Crippen LogP) is 5.61. The van der Waals surface area contributed by atoms with E-state index in [1.54, 1.807) is 6.08 Å². The van der Waals surface area contributed by atoms with Gasteiger partial charge in [0.05, 0.1) is 25.4 Å². The first-order chi connectivity index (χ1) is 19.1. The molecule has 8 nitrogen and oxygen atoms in total. The van der Waals surface area contributed by atoms with Crippen LogP contribution >= 0.6 is 0 Å². The molecule has 0 aromatic heterocycles. The SMILES string of the molecule is COC(=O)[C@@]1(C(=O)Nc2c(CC(C)C)cccc2OCC(C)C)C[C@@H]2C=C[C@H]1N(C(=O)OCc1ccccc1)C2. The third-order valence-electron chi connectivity index (χ3n) is 7.37. The second kappa shape index (κ2) is 12.6. The third kappa shape index (κ3) is 6.16. The molecule has 3 atom stereocenters. The Kier molecular flexibility index (Phi) is 9.17. The predicted molar refractivity (Wildman–Crippen MR) is 153 cm³/mol. The summed E-state index contributed by atoms with van der Waals surface area (Å²) in [5.74, 6) is -0.249. The highest BCUT2D eigenvalue weighted by atomic mass is 16.6. The molecule has 1 N–H and O–H groups in total. The molecule has 214 valence electrons. The highest BCUT2D eigenvalue weighted by molar-refractivity contribution is 6.11. The first-order valence-electron chi connectivity index (χ1n) is 14.0. The van der Waals surface area contributed by atoms with Gasteiger partial charge < -0.3 is 19.5 Å². The third-order valence-corrected chi connectivity index (χ3v) is 7.37. The number of carbonyl (C=O) groups is 3. The van der Waals surface area contributed by atoms with Gasteiger partial charge in [0, 0.05) is 6.54 Å². The number of hydrogen-bond donors (Lipinski definition) is 1. The summed E-state index contributed by atoms with van der Waals surface area (Å²) >= 11 is 0. The molecule has 2 amide bonds. The molecule has 8 heteroatoms. The van der Waals surface area contributed by atoms with Crippen molar-refractivity contribution in [1.29, 1.82) is 0 Å². The van der Waals surface area contributed by atoms with E-state index in [0.29, 0.717) is 36.9 Å². The molecule has 0 saturated carbocycles. The molecule has 40 heavy (non-hydrogen) atoms. The Labute approximate surface area is 236 Å². The largest absolute Gasteiger partial charge is 0.491 e. The number of rotatable bonds is 10. The van der Waals surface area contributed by atoms with Gasteiger partial charge in [-0.05, 0) is 47.8 Å². The summed E-state index contributed by atoms with van der Waals surface area (Å²) in [6, 6.07) is 14.2. The minimum absolute atomic E-state index is 0.0911. The number of fused-ring (bicyclic) bond motifs is 2. The Morgan fingerprint density at radius 1 is 1.00 bits per heavy atom. The Morgan fingerprint density at radius 3 is 2.40 bits per heavy atom. The zero-order chi connectivity index (χ0) is 28.9. The maximum absolute atomic E-state index is 14.3. The van der Waals surface area contributed by atoms with Gasteiger partial charge in [0.2, 0.25) is 5.91 Å². The number of nitrogens with zero attached hydrogens (tertiary/aromatic N) is 1. The van der Waals surface area contributed by atoms with Gasteiger partial charge in [0.1, 0.15) is 12.4 Å². The highest BCUT2D eigenvalue weighted by Crippen LogP contribution is 2.46. The lowest BCUT2D eigenvalue weighted by atomic mass is 9.65. The van der Waals surface area contributed by atoms with E-state index in [1.807, 2.05) is 54.6 Å². The van der Waals surface area contributed by atoms with Gasteiger partial charge >= 0.3 is 12.1 Å². The van der Waals surface area contributed by atoms with Crippen LogP contribution in [0.5, 0.6) is 5.75 Å². The van der Waals surface area contributed by atoms with Crippen molar-refractivity contribution < 1.29 is 28.6 Å². The Hall–Kier alpha value is -3.81. The van der Waals surface area contributed by atoms with E-state index in [2.05, 4.69) is 33.0 Å². The lowest BCUT2D eigenvalue weighted by molar-refractivity contribution is -0.165. The van der Waals surface area contributed by atoms with Crippen LogP contribution in [0.1, 0.15) is 45.2 Å². The summed E-state index contributed by atoms with van der Waals surface area (Å²) in [6.45, 7) is 9.24. The average Bonchev–Trinajstić information content (AvgIpc) is 2.95. The minimum Gasteiger partial charge on any atom is -0.491 e. The van der Waals surface area contributed by atoms with Crippen molar-refractivity contribution in [2.75, 3.05) is 25.6 Å².